The van der Waals surface area contributed by atoms with Gasteiger partial charge >= 0.3 is 12.2 Å². The number of carbonyl (C=O) groups excluding carboxylic acids is 4. The molecule has 12 heteroatoms. The Morgan fingerprint density at radius 1 is 0.902 bits per heavy atom. The van der Waals surface area contributed by atoms with E-state index in [1.54, 1.807) is 0 Å². The number of nitrogens with zero attached hydrogens (tertiary/aromatic N) is 1. The lowest BCUT2D eigenvalue weighted by Crippen LogP contribution is -2.32. The van der Waals surface area contributed by atoms with Crippen LogP contribution in [-0.4, -0.2) is 48.9 Å². The third-order valence-corrected chi connectivity index (χ3v) is 7.06. The molecule has 1 saturated heterocycles. The molecule has 0 saturated carbocycles. The third kappa shape index (κ3) is 6.39. The van der Waals surface area contributed by atoms with Crippen LogP contribution in [0, 0.1) is 0 Å². The number of halogens is 2. The van der Waals surface area contributed by atoms with Crippen molar-refractivity contribution in [2.75, 3.05) is 19.8 Å². The summed E-state index contributed by atoms with van der Waals surface area (Å²) in [5.41, 5.74) is 4.80. The first-order valence-corrected chi connectivity index (χ1v) is 13.5. The Balaban J connectivity index is 1.11. The van der Waals surface area contributed by atoms with Crippen molar-refractivity contribution in [3.63, 3.8) is 0 Å². The Hall–Kier alpha value is -4.28. The summed E-state index contributed by atoms with van der Waals surface area (Å²) in [4.78, 5) is 52.4. The summed E-state index contributed by atoms with van der Waals surface area (Å²) in [5, 5.41) is 3.43. The minimum Gasteiger partial charge on any atom is -0.490 e. The Labute approximate surface area is 245 Å². The summed E-state index contributed by atoms with van der Waals surface area (Å²) < 4.78 is 16.3. The molecule has 1 fully saturated rings. The van der Waals surface area contributed by atoms with Crippen LogP contribution in [0.15, 0.2) is 60.7 Å². The van der Waals surface area contributed by atoms with E-state index >= 15 is 0 Å². The molecule has 41 heavy (non-hydrogen) atoms. The van der Waals surface area contributed by atoms with Gasteiger partial charge in [-0.05, 0) is 34.4 Å². The van der Waals surface area contributed by atoms with Gasteiger partial charge in [-0.15, -0.1) is 0 Å². The van der Waals surface area contributed by atoms with Gasteiger partial charge < -0.3 is 19.5 Å². The van der Waals surface area contributed by atoms with Crippen molar-refractivity contribution in [1.82, 2.24) is 10.4 Å². The van der Waals surface area contributed by atoms with E-state index in [9.17, 15) is 19.2 Å². The van der Waals surface area contributed by atoms with Crippen LogP contribution in [0.3, 0.4) is 0 Å². The van der Waals surface area contributed by atoms with Gasteiger partial charge in [0, 0.05) is 29.3 Å². The molecule has 3 aromatic carbocycles. The molecule has 0 bridgehead atoms. The molecule has 0 radical (unpaired) electrons. The highest BCUT2D eigenvalue weighted by atomic mass is 35.5. The predicted octanol–water partition coefficient (Wildman–Crippen LogP) is 5.63. The van der Waals surface area contributed by atoms with E-state index in [1.165, 1.54) is 12.1 Å². The van der Waals surface area contributed by atoms with Gasteiger partial charge in [-0.3, -0.25) is 14.4 Å². The Kier molecular flexibility index (Phi) is 8.61. The van der Waals surface area contributed by atoms with Gasteiger partial charge in [0.15, 0.2) is 0 Å². The van der Waals surface area contributed by atoms with E-state index in [4.69, 9.17) is 37.4 Å². The molecule has 1 aliphatic carbocycles. The summed E-state index contributed by atoms with van der Waals surface area (Å²) >= 11 is 12.4. The van der Waals surface area contributed by atoms with Gasteiger partial charge in [-0.2, -0.15) is 0 Å². The van der Waals surface area contributed by atoms with E-state index in [2.05, 4.69) is 22.3 Å². The topological polar surface area (TPSA) is 120 Å². The van der Waals surface area contributed by atoms with Crippen LogP contribution in [0.4, 0.5) is 9.59 Å². The molecule has 1 N–H and O–H groups in total. The van der Waals surface area contributed by atoms with Crippen molar-refractivity contribution >= 4 is 47.3 Å². The molecule has 0 unspecified atom stereocenters. The summed E-state index contributed by atoms with van der Waals surface area (Å²) in [7, 11) is 0. The van der Waals surface area contributed by atoms with Crippen LogP contribution < -0.4 is 10.1 Å². The van der Waals surface area contributed by atoms with Gasteiger partial charge in [0.1, 0.15) is 25.6 Å². The highest BCUT2D eigenvalue weighted by Crippen LogP contribution is 2.44. The SMILES string of the molecule is O=C(NCCOc1c(Cl)cc(Cl)cc1COC(=O)ON1C(=O)CCC1=O)OCC1c2ccccc2-c2ccccc21. The minimum absolute atomic E-state index is 0.0137. The molecule has 5 rings (SSSR count). The van der Waals surface area contributed by atoms with Crippen molar-refractivity contribution in [1.29, 1.82) is 0 Å². The van der Waals surface area contributed by atoms with Crippen molar-refractivity contribution in [2.45, 2.75) is 25.4 Å². The zero-order chi connectivity index (χ0) is 28.9. The van der Waals surface area contributed by atoms with Gasteiger partial charge in [0.2, 0.25) is 0 Å². The number of hydrogen-bond acceptors (Lipinski definition) is 8. The maximum absolute atomic E-state index is 12.4. The fourth-order valence-corrected chi connectivity index (χ4v) is 5.32. The lowest BCUT2D eigenvalue weighted by molar-refractivity contribution is -0.177. The van der Waals surface area contributed by atoms with Crippen LogP contribution in [0.5, 0.6) is 5.75 Å². The normalized spacial score (nSPS) is 14.0. The molecule has 1 aliphatic heterocycles. The van der Waals surface area contributed by atoms with Crippen molar-refractivity contribution in [2.24, 2.45) is 0 Å². The Morgan fingerprint density at radius 3 is 2.20 bits per heavy atom. The fourth-order valence-electron chi connectivity index (χ4n) is 4.73. The first-order valence-electron chi connectivity index (χ1n) is 12.7. The summed E-state index contributed by atoms with van der Waals surface area (Å²) in [6.45, 7) is -0.0860. The zero-order valence-electron chi connectivity index (χ0n) is 21.6. The van der Waals surface area contributed by atoms with Gasteiger partial charge in [0.25, 0.3) is 11.8 Å². The molecular weight excluding hydrogens is 575 g/mol. The number of amides is 3. The van der Waals surface area contributed by atoms with E-state index < -0.39 is 24.1 Å². The average Bonchev–Trinajstić information content (AvgIpc) is 3.45. The second-order valence-electron chi connectivity index (χ2n) is 9.19. The van der Waals surface area contributed by atoms with E-state index in [-0.39, 0.29) is 60.9 Å². The number of hydrogen-bond donors (Lipinski definition) is 1. The predicted molar refractivity (Wildman–Crippen MR) is 147 cm³/mol. The van der Waals surface area contributed by atoms with Crippen molar-refractivity contribution in [3.8, 4) is 16.9 Å². The maximum atomic E-state index is 12.4. The molecule has 2 aliphatic rings. The van der Waals surface area contributed by atoms with E-state index in [1.807, 2.05) is 36.4 Å². The maximum Gasteiger partial charge on any atom is 0.534 e. The zero-order valence-corrected chi connectivity index (χ0v) is 23.1. The third-order valence-electron chi connectivity index (χ3n) is 6.56. The minimum atomic E-state index is -1.26. The molecule has 1 heterocycles. The van der Waals surface area contributed by atoms with Crippen molar-refractivity contribution in [3.05, 3.63) is 87.4 Å². The quantitative estimate of drug-likeness (QED) is 0.191. The fraction of sp³-hybridized carbons (Fsp3) is 0.241. The molecule has 3 aromatic rings. The number of fused-ring (bicyclic) bond motifs is 3. The molecule has 10 nitrogen and oxygen atoms in total. The summed E-state index contributed by atoms with van der Waals surface area (Å²) in [6.07, 6.45) is -1.95. The largest absolute Gasteiger partial charge is 0.534 e. The van der Waals surface area contributed by atoms with Gasteiger partial charge in [0.05, 0.1) is 11.6 Å². The molecule has 3 amide bonds. The average molecular weight is 599 g/mol. The van der Waals surface area contributed by atoms with Crippen LogP contribution in [0.2, 0.25) is 10.0 Å². The Morgan fingerprint density at radius 2 is 1.54 bits per heavy atom. The lowest BCUT2D eigenvalue weighted by Gasteiger charge is -2.16. The van der Waals surface area contributed by atoms with Crippen molar-refractivity contribution < 1.29 is 38.2 Å². The number of benzene rings is 3. The van der Waals surface area contributed by atoms with Gasteiger partial charge in [-0.25, -0.2) is 9.59 Å². The first kappa shape index (κ1) is 28.3. The van der Waals surface area contributed by atoms with Crippen LogP contribution in [-0.2, 0) is 30.5 Å². The number of alkyl carbamates (subject to hydrolysis) is 1. The highest BCUT2D eigenvalue weighted by Gasteiger charge is 2.33. The molecule has 212 valence electrons. The van der Waals surface area contributed by atoms with Crippen LogP contribution in [0.1, 0.15) is 35.4 Å². The molecule has 0 aromatic heterocycles. The monoisotopic (exact) mass is 598 g/mol. The van der Waals surface area contributed by atoms with Gasteiger partial charge in [-0.1, -0.05) is 76.8 Å². The molecule has 0 atom stereocenters. The Bertz CT molecular complexity index is 1450. The highest BCUT2D eigenvalue weighted by molar-refractivity contribution is 6.35. The lowest BCUT2D eigenvalue weighted by atomic mass is 9.98. The number of hydroxylamine groups is 2. The second kappa shape index (κ2) is 12.5. The standard InChI is InChI=1S/C29H24Cl2N2O8/c30-18-13-17(15-40-29(37)41-33-25(34)9-10-26(33)35)27(24(31)14-18)38-12-11-32-28(36)39-16-23-21-7-3-1-5-19(21)20-6-2-4-8-22(20)23/h1-8,13-14,23H,9-12,15-16H2,(H,32,36). The van der Waals surface area contributed by atoms with Crippen LogP contribution >= 0.6 is 23.2 Å². The number of imide groups is 1. The first-order chi connectivity index (χ1) is 19.8. The summed E-state index contributed by atoms with van der Waals surface area (Å²) in [6, 6.07) is 19.0. The number of carbonyl (C=O) groups is 4. The molecule has 0 spiro atoms. The summed E-state index contributed by atoms with van der Waals surface area (Å²) in [5.74, 6) is -1.16. The number of rotatable bonds is 9. The smallest absolute Gasteiger partial charge is 0.490 e. The molecular formula is C29H24Cl2N2O8. The number of ether oxygens (including phenoxy) is 3. The van der Waals surface area contributed by atoms with E-state index in [0.717, 1.165) is 22.3 Å². The van der Waals surface area contributed by atoms with Crippen LogP contribution in [0.25, 0.3) is 11.1 Å². The van der Waals surface area contributed by atoms with E-state index in [0.29, 0.717) is 10.6 Å². The second-order valence-corrected chi connectivity index (χ2v) is 10.0. The number of nitrogens with one attached hydrogen (secondary N) is 1.